The second kappa shape index (κ2) is 7.12. The van der Waals surface area contributed by atoms with Crippen LogP contribution in [0.25, 0.3) is 0 Å². The number of nitriles is 1. The quantitative estimate of drug-likeness (QED) is 0.737. The molecule has 18 heavy (non-hydrogen) atoms. The molecule has 1 aromatic carbocycles. The lowest BCUT2D eigenvalue weighted by atomic mass is 10.2. The Morgan fingerprint density at radius 3 is 2.61 bits per heavy atom. The number of nitrogens with zero attached hydrogens (tertiary/aromatic N) is 2. The normalized spacial score (nSPS) is 16.4. The van der Waals surface area contributed by atoms with E-state index in [1.54, 1.807) is 0 Å². The first-order chi connectivity index (χ1) is 8.88. The monoisotopic (exact) mass is 246 g/mol. The number of ether oxygens (including phenoxy) is 2. The van der Waals surface area contributed by atoms with Crippen molar-refractivity contribution in [1.82, 2.24) is 4.90 Å². The second-order valence-corrected chi connectivity index (χ2v) is 4.32. The van der Waals surface area contributed by atoms with E-state index in [9.17, 15) is 0 Å². The van der Waals surface area contributed by atoms with Gasteiger partial charge in [0.05, 0.1) is 38.1 Å². The number of rotatable bonds is 5. The Kier molecular flexibility index (Phi) is 5.15. The maximum Gasteiger partial charge on any atom is 0.0991 e. The van der Waals surface area contributed by atoms with Gasteiger partial charge in [-0.15, -0.1) is 0 Å². The Bertz CT molecular complexity index is 391. The molecule has 0 amide bonds. The van der Waals surface area contributed by atoms with Crippen LogP contribution in [0.4, 0.5) is 0 Å². The van der Waals surface area contributed by atoms with Crippen LogP contribution in [0, 0.1) is 11.3 Å². The Hall–Kier alpha value is -1.41. The molecular weight excluding hydrogens is 228 g/mol. The lowest BCUT2D eigenvalue weighted by Gasteiger charge is -2.26. The van der Waals surface area contributed by atoms with E-state index in [2.05, 4.69) is 11.0 Å². The zero-order chi connectivity index (χ0) is 12.6. The van der Waals surface area contributed by atoms with Crippen LogP contribution < -0.4 is 0 Å². The molecule has 2 rings (SSSR count). The molecule has 1 heterocycles. The molecule has 4 heteroatoms. The first-order valence-electron chi connectivity index (χ1n) is 6.25. The van der Waals surface area contributed by atoms with Gasteiger partial charge in [-0.25, -0.2) is 0 Å². The van der Waals surface area contributed by atoms with Gasteiger partial charge in [-0.05, 0) is 17.7 Å². The molecule has 0 spiro atoms. The molecule has 1 aromatic rings. The molecule has 1 fully saturated rings. The Balaban J connectivity index is 1.63. The zero-order valence-corrected chi connectivity index (χ0v) is 10.5. The molecule has 1 aliphatic rings. The van der Waals surface area contributed by atoms with Gasteiger partial charge in [0, 0.05) is 19.6 Å². The molecule has 0 atom stereocenters. The lowest BCUT2D eigenvalue weighted by Crippen LogP contribution is -2.38. The second-order valence-electron chi connectivity index (χ2n) is 4.32. The van der Waals surface area contributed by atoms with Crippen molar-refractivity contribution in [1.29, 1.82) is 5.26 Å². The van der Waals surface area contributed by atoms with E-state index in [1.807, 2.05) is 24.3 Å². The highest BCUT2D eigenvalue weighted by Crippen LogP contribution is 2.05. The van der Waals surface area contributed by atoms with E-state index in [0.717, 1.165) is 45.0 Å². The lowest BCUT2D eigenvalue weighted by molar-refractivity contribution is 0.0180. The van der Waals surface area contributed by atoms with Crippen molar-refractivity contribution >= 4 is 0 Å². The van der Waals surface area contributed by atoms with Crippen LogP contribution >= 0.6 is 0 Å². The standard InChI is InChI=1S/C14H18N2O2/c15-11-13-1-3-14(4-2-13)12-18-10-7-16-5-8-17-9-6-16/h1-4H,5-10,12H2. The molecule has 0 aromatic heterocycles. The van der Waals surface area contributed by atoms with Crippen LogP contribution in [0.15, 0.2) is 24.3 Å². The maximum atomic E-state index is 8.69. The van der Waals surface area contributed by atoms with E-state index < -0.39 is 0 Å². The van der Waals surface area contributed by atoms with Crippen molar-refractivity contribution in [3.05, 3.63) is 35.4 Å². The molecule has 4 nitrogen and oxygen atoms in total. The van der Waals surface area contributed by atoms with Crippen LogP contribution in [-0.2, 0) is 16.1 Å². The van der Waals surface area contributed by atoms with Crippen LogP contribution in [-0.4, -0.2) is 44.4 Å². The average molecular weight is 246 g/mol. The predicted molar refractivity (Wildman–Crippen MR) is 68.1 cm³/mol. The third-order valence-corrected chi connectivity index (χ3v) is 3.01. The van der Waals surface area contributed by atoms with E-state index in [4.69, 9.17) is 14.7 Å². The van der Waals surface area contributed by atoms with Crippen LogP contribution in [0.5, 0.6) is 0 Å². The molecule has 0 saturated carbocycles. The summed E-state index contributed by atoms with van der Waals surface area (Å²) < 4.78 is 10.9. The molecule has 1 saturated heterocycles. The molecule has 0 radical (unpaired) electrons. The highest BCUT2D eigenvalue weighted by molar-refractivity contribution is 5.31. The minimum atomic E-state index is 0.607. The first kappa shape index (κ1) is 13.0. The van der Waals surface area contributed by atoms with Crippen molar-refractivity contribution in [2.24, 2.45) is 0 Å². The number of morpholine rings is 1. The predicted octanol–water partition coefficient (Wildman–Crippen LogP) is 1.41. The molecule has 0 bridgehead atoms. The third kappa shape index (κ3) is 4.11. The fourth-order valence-electron chi connectivity index (χ4n) is 1.88. The molecule has 0 unspecified atom stereocenters. The Labute approximate surface area is 108 Å². The number of hydrogen-bond acceptors (Lipinski definition) is 4. The fourth-order valence-corrected chi connectivity index (χ4v) is 1.88. The summed E-state index contributed by atoms with van der Waals surface area (Å²) in [5.41, 5.74) is 1.79. The molecular formula is C14H18N2O2. The van der Waals surface area contributed by atoms with Crippen LogP contribution in [0.2, 0.25) is 0 Å². The third-order valence-electron chi connectivity index (χ3n) is 3.01. The van der Waals surface area contributed by atoms with Gasteiger partial charge in [-0.2, -0.15) is 5.26 Å². The number of hydrogen-bond donors (Lipinski definition) is 0. The topological polar surface area (TPSA) is 45.5 Å². The number of benzene rings is 1. The van der Waals surface area contributed by atoms with E-state index >= 15 is 0 Å². The Morgan fingerprint density at radius 2 is 1.94 bits per heavy atom. The summed E-state index contributed by atoms with van der Waals surface area (Å²) >= 11 is 0. The summed E-state index contributed by atoms with van der Waals surface area (Å²) in [6.07, 6.45) is 0. The summed E-state index contributed by atoms with van der Waals surface area (Å²) in [4.78, 5) is 2.35. The van der Waals surface area contributed by atoms with Gasteiger partial charge >= 0.3 is 0 Å². The highest BCUT2D eigenvalue weighted by Gasteiger charge is 2.09. The minimum absolute atomic E-state index is 0.607. The van der Waals surface area contributed by atoms with Gasteiger partial charge in [-0.3, -0.25) is 4.90 Å². The summed E-state index contributed by atoms with van der Waals surface area (Å²) in [5, 5.41) is 8.69. The van der Waals surface area contributed by atoms with Gasteiger partial charge in [-0.1, -0.05) is 12.1 Å². The zero-order valence-electron chi connectivity index (χ0n) is 10.5. The fraction of sp³-hybridized carbons (Fsp3) is 0.500. The van der Waals surface area contributed by atoms with Crippen LogP contribution in [0.3, 0.4) is 0 Å². The highest BCUT2D eigenvalue weighted by atomic mass is 16.5. The summed E-state index contributed by atoms with van der Waals surface area (Å²) in [7, 11) is 0. The molecule has 1 aliphatic heterocycles. The average Bonchev–Trinajstić information content (AvgIpc) is 2.45. The molecule has 0 N–H and O–H groups in total. The van der Waals surface area contributed by atoms with Crippen molar-refractivity contribution in [3.8, 4) is 6.07 Å². The van der Waals surface area contributed by atoms with E-state index in [0.29, 0.717) is 12.2 Å². The summed E-state index contributed by atoms with van der Waals surface area (Å²) in [6, 6.07) is 9.62. The Morgan fingerprint density at radius 1 is 1.22 bits per heavy atom. The minimum Gasteiger partial charge on any atom is -0.379 e. The van der Waals surface area contributed by atoms with Gasteiger partial charge < -0.3 is 9.47 Å². The van der Waals surface area contributed by atoms with Crippen molar-refractivity contribution < 1.29 is 9.47 Å². The summed E-state index contributed by atoms with van der Waals surface area (Å²) in [6.45, 7) is 5.96. The van der Waals surface area contributed by atoms with E-state index in [-0.39, 0.29) is 0 Å². The SMILES string of the molecule is N#Cc1ccc(COCCN2CCOCC2)cc1. The molecule has 96 valence electrons. The van der Waals surface area contributed by atoms with E-state index in [1.165, 1.54) is 0 Å². The smallest absolute Gasteiger partial charge is 0.0991 e. The van der Waals surface area contributed by atoms with Gasteiger partial charge in [0.1, 0.15) is 0 Å². The largest absolute Gasteiger partial charge is 0.379 e. The van der Waals surface area contributed by atoms with Crippen molar-refractivity contribution in [2.45, 2.75) is 6.61 Å². The maximum absolute atomic E-state index is 8.69. The van der Waals surface area contributed by atoms with Crippen LogP contribution in [0.1, 0.15) is 11.1 Å². The van der Waals surface area contributed by atoms with Gasteiger partial charge in [0.2, 0.25) is 0 Å². The van der Waals surface area contributed by atoms with Crippen molar-refractivity contribution in [3.63, 3.8) is 0 Å². The van der Waals surface area contributed by atoms with Crippen molar-refractivity contribution in [2.75, 3.05) is 39.5 Å². The molecule has 0 aliphatic carbocycles. The summed E-state index contributed by atoms with van der Waals surface area (Å²) in [5.74, 6) is 0. The first-order valence-corrected chi connectivity index (χ1v) is 6.25. The van der Waals surface area contributed by atoms with Gasteiger partial charge in [0.15, 0.2) is 0 Å². The van der Waals surface area contributed by atoms with Gasteiger partial charge in [0.25, 0.3) is 0 Å².